The van der Waals surface area contributed by atoms with Crippen LogP contribution in [0.1, 0.15) is 22.3 Å². The lowest BCUT2D eigenvalue weighted by molar-refractivity contribution is -0.908. The van der Waals surface area contributed by atoms with Gasteiger partial charge in [0.2, 0.25) is 0 Å². The normalized spacial score (nSPS) is 14.6. The first-order valence-corrected chi connectivity index (χ1v) is 11.6. The summed E-state index contributed by atoms with van der Waals surface area (Å²) in [6.07, 6.45) is 0.897. The van der Waals surface area contributed by atoms with Gasteiger partial charge in [-0.3, -0.25) is 4.79 Å². The van der Waals surface area contributed by atoms with E-state index in [0.717, 1.165) is 50.3 Å². The van der Waals surface area contributed by atoms with Gasteiger partial charge in [0.15, 0.2) is 5.65 Å². The molecule has 5 rings (SSSR count). The van der Waals surface area contributed by atoms with E-state index in [1.807, 2.05) is 28.8 Å². The molecule has 0 spiro atoms. The lowest BCUT2D eigenvalue weighted by atomic mass is 10.2. The number of hydrogen-bond acceptors (Lipinski definition) is 5. The van der Waals surface area contributed by atoms with E-state index >= 15 is 0 Å². The summed E-state index contributed by atoms with van der Waals surface area (Å²) in [5, 5.41) is 2.90. The number of quaternary nitrogens is 1. The summed E-state index contributed by atoms with van der Waals surface area (Å²) in [7, 11) is 0. The van der Waals surface area contributed by atoms with E-state index in [1.165, 1.54) is 17.0 Å². The summed E-state index contributed by atoms with van der Waals surface area (Å²) in [4.78, 5) is 24.3. The summed E-state index contributed by atoms with van der Waals surface area (Å²) < 4.78 is 20.5. The molecule has 1 aliphatic rings. The Morgan fingerprint density at radius 3 is 2.53 bits per heavy atom. The number of rotatable bonds is 7. The summed E-state index contributed by atoms with van der Waals surface area (Å²) in [6, 6.07) is 13.6. The topological polar surface area (TPSA) is 99.5 Å². The van der Waals surface area contributed by atoms with Crippen molar-refractivity contribution in [1.82, 2.24) is 19.9 Å². The molecule has 176 valence electrons. The summed E-state index contributed by atoms with van der Waals surface area (Å²) in [5.74, 6) is -0.281. The molecule has 8 nitrogen and oxygen atoms in total. The summed E-state index contributed by atoms with van der Waals surface area (Å²) >= 11 is 0. The van der Waals surface area contributed by atoms with Crippen molar-refractivity contribution in [1.29, 1.82) is 0 Å². The molecule has 0 bridgehead atoms. The highest BCUT2D eigenvalue weighted by Crippen LogP contribution is 2.28. The third kappa shape index (κ3) is 4.57. The Labute approximate surface area is 196 Å². The van der Waals surface area contributed by atoms with E-state index in [-0.39, 0.29) is 18.3 Å². The van der Waals surface area contributed by atoms with Gasteiger partial charge in [-0.25, -0.2) is 14.4 Å². The molecule has 1 aliphatic heterocycles. The molecule has 3 heterocycles. The van der Waals surface area contributed by atoms with Gasteiger partial charge in [0.05, 0.1) is 30.8 Å². The Hall–Kier alpha value is -3.56. The van der Waals surface area contributed by atoms with Crippen molar-refractivity contribution in [3.63, 3.8) is 0 Å². The van der Waals surface area contributed by atoms with E-state index < -0.39 is 0 Å². The monoisotopic (exact) mass is 463 g/mol. The zero-order chi connectivity index (χ0) is 23.5. The number of nitrogens with zero attached hydrogens (tertiary/aromatic N) is 3. The predicted molar refractivity (Wildman–Crippen MR) is 128 cm³/mol. The number of ether oxygens (including phenoxy) is 1. The molecular formula is C25H28FN6O2+. The molecule has 0 radical (unpaired) electrons. The number of benzene rings is 2. The van der Waals surface area contributed by atoms with Crippen LogP contribution in [0.4, 0.5) is 10.2 Å². The summed E-state index contributed by atoms with van der Waals surface area (Å²) in [5.41, 5.74) is 10.2. The lowest BCUT2D eigenvalue weighted by Crippen LogP contribution is -3.14. The molecule has 2 aromatic carbocycles. The number of nitrogens with two attached hydrogens (primary N) is 1. The molecule has 2 aromatic heterocycles. The van der Waals surface area contributed by atoms with Gasteiger partial charge >= 0.3 is 0 Å². The standard InChI is InChI=1S/C25H27FN6O2/c26-18-8-6-17(7-9-18)16-28-25(33)21-22-24(30-20-5-2-1-4-19(20)29-22)32(23(21)27)11-3-10-31-12-14-34-15-13-31/h1-2,4-9H,3,10-16,27H2,(H,28,33)/p+1. The van der Waals surface area contributed by atoms with Crippen molar-refractivity contribution >= 4 is 33.9 Å². The van der Waals surface area contributed by atoms with Crippen LogP contribution in [0.2, 0.25) is 0 Å². The number of morpholine rings is 1. The number of hydrogen-bond donors (Lipinski definition) is 3. The molecule has 0 atom stereocenters. The fourth-order valence-corrected chi connectivity index (χ4v) is 4.44. The molecule has 9 heteroatoms. The van der Waals surface area contributed by atoms with Gasteiger partial charge in [-0.2, -0.15) is 0 Å². The van der Waals surface area contributed by atoms with Crippen molar-refractivity contribution in [2.24, 2.45) is 0 Å². The number of aromatic nitrogens is 3. The number of para-hydroxylation sites is 2. The number of carbonyl (C=O) groups excluding carboxylic acids is 1. The van der Waals surface area contributed by atoms with Crippen LogP contribution in [0.3, 0.4) is 0 Å². The Morgan fingerprint density at radius 2 is 1.79 bits per heavy atom. The second-order valence-electron chi connectivity index (χ2n) is 8.57. The molecule has 4 N–H and O–H groups in total. The van der Waals surface area contributed by atoms with Crippen LogP contribution in [-0.4, -0.2) is 53.3 Å². The fraction of sp³-hybridized carbons (Fsp3) is 0.320. The van der Waals surface area contributed by atoms with E-state index in [1.54, 1.807) is 12.1 Å². The zero-order valence-electron chi connectivity index (χ0n) is 18.9. The van der Waals surface area contributed by atoms with Gasteiger partial charge < -0.3 is 25.3 Å². The first-order valence-electron chi connectivity index (χ1n) is 11.6. The Morgan fingerprint density at radius 1 is 1.09 bits per heavy atom. The first-order chi connectivity index (χ1) is 16.6. The molecule has 1 fully saturated rings. The largest absolute Gasteiger partial charge is 0.384 e. The molecule has 0 saturated carbocycles. The minimum absolute atomic E-state index is 0.257. The van der Waals surface area contributed by atoms with Crippen molar-refractivity contribution in [3.8, 4) is 0 Å². The predicted octanol–water partition coefficient (Wildman–Crippen LogP) is 1.54. The van der Waals surface area contributed by atoms with Crippen LogP contribution >= 0.6 is 0 Å². The highest BCUT2D eigenvalue weighted by Gasteiger charge is 2.24. The van der Waals surface area contributed by atoms with Crippen molar-refractivity contribution in [2.75, 3.05) is 38.6 Å². The third-order valence-electron chi connectivity index (χ3n) is 6.30. The highest BCUT2D eigenvalue weighted by atomic mass is 19.1. The Bertz CT molecular complexity index is 1310. The maximum absolute atomic E-state index is 13.2. The van der Waals surface area contributed by atoms with Crippen molar-refractivity contribution < 1.29 is 18.8 Å². The zero-order valence-corrected chi connectivity index (χ0v) is 18.9. The molecule has 1 saturated heterocycles. The van der Waals surface area contributed by atoms with Gasteiger partial charge in [-0.1, -0.05) is 24.3 Å². The minimum atomic E-state index is -0.325. The smallest absolute Gasteiger partial charge is 0.257 e. The number of amides is 1. The molecule has 0 unspecified atom stereocenters. The Kier molecular flexibility index (Phi) is 6.37. The highest BCUT2D eigenvalue weighted by molar-refractivity contribution is 6.10. The van der Waals surface area contributed by atoms with Crippen molar-refractivity contribution in [3.05, 3.63) is 65.5 Å². The molecule has 1 amide bonds. The van der Waals surface area contributed by atoms with Gasteiger partial charge in [-0.15, -0.1) is 0 Å². The molecule has 4 aromatic rings. The molecular weight excluding hydrogens is 435 g/mol. The van der Waals surface area contributed by atoms with Gasteiger partial charge in [-0.05, 0) is 29.8 Å². The van der Waals surface area contributed by atoms with Crippen LogP contribution < -0.4 is 16.0 Å². The number of aryl methyl sites for hydroxylation is 1. The number of fused-ring (bicyclic) bond motifs is 2. The number of nitrogen functional groups attached to an aromatic ring is 1. The number of anilines is 1. The van der Waals surface area contributed by atoms with Gasteiger partial charge in [0.25, 0.3) is 5.91 Å². The van der Waals surface area contributed by atoms with E-state index in [0.29, 0.717) is 34.6 Å². The van der Waals surface area contributed by atoms with Crippen LogP contribution in [0, 0.1) is 5.82 Å². The number of nitrogens with one attached hydrogen (secondary N) is 2. The molecule has 34 heavy (non-hydrogen) atoms. The Balaban J connectivity index is 1.44. The van der Waals surface area contributed by atoms with Crippen LogP contribution in [0.5, 0.6) is 0 Å². The van der Waals surface area contributed by atoms with Crippen LogP contribution in [0.15, 0.2) is 48.5 Å². The first kappa shape index (κ1) is 22.2. The second-order valence-corrected chi connectivity index (χ2v) is 8.57. The average Bonchev–Trinajstić information content (AvgIpc) is 3.13. The van der Waals surface area contributed by atoms with Crippen LogP contribution in [-0.2, 0) is 17.8 Å². The van der Waals surface area contributed by atoms with E-state index in [9.17, 15) is 9.18 Å². The van der Waals surface area contributed by atoms with Gasteiger partial charge in [0.1, 0.15) is 35.8 Å². The van der Waals surface area contributed by atoms with Crippen LogP contribution in [0.25, 0.3) is 22.2 Å². The van der Waals surface area contributed by atoms with E-state index in [2.05, 4.69) is 5.32 Å². The SMILES string of the molecule is Nc1c(C(=O)NCc2ccc(F)cc2)c2nc3ccccc3nc2n1CCC[NH+]1CCOCC1. The average molecular weight is 464 g/mol. The minimum Gasteiger partial charge on any atom is -0.384 e. The number of halogens is 1. The lowest BCUT2D eigenvalue weighted by Gasteiger charge is -2.23. The maximum atomic E-state index is 13.2. The molecule has 0 aliphatic carbocycles. The quantitative estimate of drug-likeness (QED) is 0.386. The third-order valence-corrected chi connectivity index (χ3v) is 6.30. The fourth-order valence-electron chi connectivity index (χ4n) is 4.44. The van der Waals surface area contributed by atoms with Gasteiger partial charge in [0, 0.05) is 19.5 Å². The second kappa shape index (κ2) is 9.74. The number of carbonyl (C=O) groups is 1. The maximum Gasteiger partial charge on any atom is 0.257 e. The van der Waals surface area contributed by atoms with E-state index in [4.69, 9.17) is 20.4 Å². The van der Waals surface area contributed by atoms with Crippen molar-refractivity contribution in [2.45, 2.75) is 19.5 Å². The summed E-state index contributed by atoms with van der Waals surface area (Å²) in [6.45, 7) is 5.49.